The Balaban J connectivity index is 1.02. The van der Waals surface area contributed by atoms with E-state index in [9.17, 15) is 0 Å². The highest BCUT2D eigenvalue weighted by Gasteiger charge is 2.22. The monoisotopic (exact) mass is 875 g/mol. The van der Waals surface area contributed by atoms with Crippen molar-refractivity contribution in [1.82, 2.24) is 0 Å². The lowest BCUT2D eigenvalue weighted by Gasteiger charge is -2.29. The van der Waals surface area contributed by atoms with Crippen LogP contribution in [0.2, 0.25) is 0 Å². The number of benzene rings is 11. The van der Waals surface area contributed by atoms with Crippen LogP contribution in [0.4, 0.5) is 51.2 Å². The third-order valence-corrected chi connectivity index (χ3v) is 14.1. The van der Waals surface area contributed by atoms with Crippen molar-refractivity contribution in [2.75, 3.05) is 14.7 Å². The fraction of sp³-hybridized carbons (Fsp3) is 0. The molecule has 4 nitrogen and oxygen atoms in total. The molecule has 11 aromatic carbocycles. The molecule has 0 aliphatic rings. The summed E-state index contributed by atoms with van der Waals surface area (Å²) in [7, 11) is 0. The van der Waals surface area contributed by atoms with Gasteiger partial charge in [-0.2, -0.15) is 0 Å². The van der Waals surface area contributed by atoms with Crippen LogP contribution in [0.1, 0.15) is 0 Å². The summed E-state index contributed by atoms with van der Waals surface area (Å²) in [5.41, 5.74) is 11.6. The Morgan fingerprint density at radius 2 is 0.672 bits per heavy atom. The number of fused-ring (bicyclic) bond motifs is 11. The third kappa shape index (κ3) is 6.67. The number of nitrogens with zero attached hydrogens (tertiary/aromatic N) is 3. The van der Waals surface area contributed by atoms with Gasteiger partial charge in [-0.05, 0) is 131 Å². The van der Waals surface area contributed by atoms with Crippen LogP contribution in [-0.4, -0.2) is 0 Å². The van der Waals surface area contributed by atoms with Crippen LogP contribution in [0.3, 0.4) is 0 Å². The topological polar surface area (TPSA) is 22.9 Å². The Labute approximate surface area is 392 Å². The minimum absolute atomic E-state index is 0.889. The highest BCUT2D eigenvalue weighted by molar-refractivity contribution is 7.25. The van der Waals surface area contributed by atoms with Gasteiger partial charge in [0, 0.05) is 87.5 Å². The SMILES string of the molecule is c1ccc(N(c2ccccc2)c2cccc(N(c3ccc4sc5cc(N(c6ccccc6)c6ccccc6)ccc5c4c3)c3ccc4c5ccccc5c5oc6ccccc6c5c4c3)c2)cc1. The van der Waals surface area contributed by atoms with Crippen molar-refractivity contribution < 1.29 is 4.42 Å². The lowest BCUT2D eigenvalue weighted by atomic mass is 9.96. The molecule has 0 atom stereocenters. The molecule has 0 aliphatic carbocycles. The number of hydrogen-bond donors (Lipinski definition) is 0. The molecule has 0 saturated heterocycles. The van der Waals surface area contributed by atoms with Crippen LogP contribution in [-0.2, 0) is 0 Å². The van der Waals surface area contributed by atoms with Gasteiger partial charge in [0.1, 0.15) is 11.2 Å². The maximum Gasteiger partial charge on any atom is 0.143 e. The highest BCUT2D eigenvalue weighted by Crippen LogP contribution is 2.47. The average molecular weight is 876 g/mol. The zero-order valence-corrected chi connectivity index (χ0v) is 37.1. The third-order valence-electron chi connectivity index (χ3n) is 12.9. The van der Waals surface area contributed by atoms with Crippen molar-refractivity contribution in [2.24, 2.45) is 0 Å². The van der Waals surface area contributed by atoms with Crippen molar-refractivity contribution >= 4 is 126 Å². The molecule has 316 valence electrons. The molecule has 5 heteroatoms. The second-order valence-electron chi connectivity index (χ2n) is 16.9. The van der Waals surface area contributed by atoms with Crippen molar-refractivity contribution in [2.45, 2.75) is 0 Å². The minimum Gasteiger partial charge on any atom is -0.455 e. The van der Waals surface area contributed by atoms with E-state index in [0.29, 0.717) is 0 Å². The van der Waals surface area contributed by atoms with Crippen LogP contribution in [0.25, 0.3) is 63.7 Å². The standard InChI is InChI=1S/C62H41N3OS/c1-5-18-42(19-6-1)63(43-20-7-2-8-21-43)46-26-17-27-47(38-46)65(48-32-35-52-51-28-13-14-29-54(51)62-61(57(52)40-48)55-30-15-16-31-58(55)66-62)49-34-37-59-56(39-49)53-36-33-50(41-60(53)67-59)64(44-22-9-3-10-23-44)45-24-11-4-12-25-45/h1-41H. The van der Waals surface area contributed by atoms with E-state index in [-0.39, 0.29) is 0 Å². The van der Waals surface area contributed by atoms with Crippen LogP contribution in [0.5, 0.6) is 0 Å². The second-order valence-corrected chi connectivity index (χ2v) is 18.0. The summed E-state index contributed by atoms with van der Waals surface area (Å²) >= 11 is 1.84. The average Bonchev–Trinajstić information content (AvgIpc) is 3.97. The number of rotatable bonds is 9. The molecule has 13 aromatic rings. The molecule has 67 heavy (non-hydrogen) atoms. The van der Waals surface area contributed by atoms with Gasteiger partial charge in [-0.15, -0.1) is 11.3 Å². The van der Waals surface area contributed by atoms with Gasteiger partial charge in [0.15, 0.2) is 0 Å². The fourth-order valence-corrected chi connectivity index (χ4v) is 11.1. The number of thiophene rings is 1. The van der Waals surface area contributed by atoms with E-state index in [2.05, 4.69) is 263 Å². The lowest BCUT2D eigenvalue weighted by Crippen LogP contribution is -2.13. The molecular formula is C62H41N3OS. The molecule has 0 saturated carbocycles. The van der Waals surface area contributed by atoms with Gasteiger partial charge < -0.3 is 19.1 Å². The summed E-state index contributed by atoms with van der Waals surface area (Å²) in [6.45, 7) is 0. The second kappa shape index (κ2) is 16.1. The zero-order valence-electron chi connectivity index (χ0n) is 36.3. The largest absolute Gasteiger partial charge is 0.455 e. The molecule has 0 spiro atoms. The predicted molar refractivity (Wildman–Crippen MR) is 286 cm³/mol. The maximum absolute atomic E-state index is 6.70. The molecule has 2 heterocycles. The van der Waals surface area contributed by atoms with Crippen molar-refractivity contribution in [3.8, 4) is 0 Å². The van der Waals surface area contributed by atoms with Gasteiger partial charge in [0.25, 0.3) is 0 Å². The van der Waals surface area contributed by atoms with E-state index in [1.54, 1.807) is 0 Å². The number of anilines is 9. The first-order chi connectivity index (χ1) is 33.2. The van der Waals surface area contributed by atoms with Gasteiger partial charge in [0.05, 0.1) is 0 Å². The smallest absolute Gasteiger partial charge is 0.143 e. The Hall–Kier alpha value is -8.64. The normalized spacial score (nSPS) is 11.6. The van der Waals surface area contributed by atoms with Gasteiger partial charge in [-0.3, -0.25) is 0 Å². The van der Waals surface area contributed by atoms with Crippen molar-refractivity contribution in [1.29, 1.82) is 0 Å². The summed E-state index contributed by atoms with van der Waals surface area (Å²) in [4.78, 5) is 7.09. The molecule has 13 rings (SSSR count). The van der Waals surface area contributed by atoms with E-state index >= 15 is 0 Å². The van der Waals surface area contributed by atoms with Crippen LogP contribution >= 0.6 is 11.3 Å². The van der Waals surface area contributed by atoms with E-state index in [1.807, 2.05) is 11.3 Å². The lowest BCUT2D eigenvalue weighted by molar-refractivity contribution is 0.673. The summed E-state index contributed by atoms with van der Waals surface area (Å²) < 4.78 is 9.18. The summed E-state index contributed by atoms with van der Waals surface area (Å²) in [6, 6.07) is 89.3. The molecular weight excluding hydrogens is 835 g/mol. The minimum atomic E-state index is 0.889. The molecule has 0 fully saturated rings. The quantitative estimate of drug-likeness (QED) is 0.135. The highest BCUT2D eigenvalue weighted by atomic mass is 32.1. The number of furan rings is 1. The van der Waals surface area contributed by atoms with Gasteiger partial charge in [-0.25, -0.2) is 0 Å². The van der Waals surface area contributed by atoms with E-state index in [1.165, 1.54) is 30.9 Å². The Bertz CT molecular complexity index is 3860. The molecule has 0 unspecified atom stereocenters. The first-order valence-corrected chi connectivity index (χ1v) is 23.5. The van der Waals surface area contributed by atoms with Crippen LogP contribution < -0.4 is 14.7 Å². The van der Waals surface area contributed by atoms with Crippen LogP contribution in [0.15, 0.2) is 253 Å². The van der Waals surface area contributed by atoms with E-state index in [4.69, 9.17) is 4.42 Å². The first-order valence-electron chi connectivity index (χ1n) is 22.7. The first kappa shape index (κ1) is 38.8. The van der Waals surface area contributed by atoms with E-state index in [0.717, 1.165) is 83.9 Å². The summed E-state index contributed by atoms with van der Waals surface area (Å²) in [5.74, 6) is 0. The fourth-order valence-electron chi connectivity index (χ4n) is 9.98. The molecule has 0 radical (unpaired) electrons. The maximum atomic E-state index is 6.70. The molecule has 0 aliphatic heterocycles. The number of hydrogen-bond acceptors (Lipinski definition) is 5. The van der Waals surface area contributed by atoms with Gasteiger partial charge in [-0.1, -0.05) is 133 Å². The van der Waals surface area contributed by atoms with Gasteiger partial charge in [0.2, 0.25) is 0 Å². The molecule has 0 bridgehead atoms. The zero-order chi connectivity index (χ0) is 44.3. The predicted octanol–water partition coefficient (Wildman–Crippen LogP) is 18.7. The van der Waals surface area contributed by atoms with Gasteiger partial charge >= 0.3 is 0 Å². The Morgan fingerprint density at radius 1 is 0.254 bits per heavy atom. The summed E-state index contributed by atoms with van der Waals surface area (Å²) in [6.07, 6.45) is 0. The summed E-state index contributed by atoms with van der Waals surface area (Å²) in [5, 5.41) is 9.35. The van der Waals surface area contributed by atoms with Crippen molar-refractivity contribution in [3.63, 3.8) is 0 Å². The Morgan fingerprint density at radius 3 is 1.27 bits per heavy atom. The van der Waals surface area contributed by atoms with Crippen molar-refractivity contribution in [3.05, 3.63) is 249 Å². The number of para-hydroxylation sites is 5. The Kier molecular flexibility index (Phi) is 9.32. The molecule has 0 N–H and O–H groups in total. The van der Waals surface area contributed by atoms with E-state index < -0.39 is 0 Å². The molecule has 0 amide bonds. The van der Waals surface area contributed by atoms with Crippen LogP contribution in [0, 0.1) is 0 Å². The molecule has 2 aromatic heterocycles.